The molecule has 3 aliphatic rings. The highest BCUT2D eigenvalue weighted by molar-refractivity contribution is 5.85. The van der Waals surface area contributed by atoms with Crippen LogP contribution in [0.2, 0.25) is 0 Å². The van der Waals surface area contributed by atoms with Crippen molar-refractivity contribution in [2.45, 2.75) is 57.9 Å². The number of piperidine rings is 1. The van der Waals surface area contributed by atoms with Crippen molar-refractivity contribution in [2.75, 3.05) is 26.2 Å². The van der Waals surface area contributed by atoms with Gasteiger partial charge in [0.1, 0.15) is 0 Å². The molecule has 5 nitrogen and oxygen atoms in total. The van der Waals surface area contributed by atoms with E-state index in [-0.39, 0.29) is 29.8 Å². The summed E-state index contributed by atoms with van der Waals surface area (Å²) in [4.78, 5) is 27.7. The molecular weight excluding hydrogens is 386 g/mol. The molecule has 1 aliphatic carbocycles. The number of likely N-dealkylation sites (tertiary alicyclic amines) is 1. The molecule has 160 valence electrons. The Morgan fingerprint density at radius 1 is 1.21 bits per heavy atom. The second-order valence-corrected chi connectivity index (χ2v) is 9.16. The molecule has 2 amide bonds. The van der Waals surface area contributed by atoms with Gasteiger partial charge in [-0.05, 0) is 68.5 Å². The number of nitrogens with one attached hydrogen (secondary N) is 2. The maximum atomic E-state index is 13.4. The Morgan fingerprint density at radius 2 is 2.00 bits per heavy atom. The van der Waals surface area contributed by atoms with Crippen LogP contribution in [-0.2, 0) is 22.4 Å². The van der Waals surface area contributed by atoms with Crippen LogP contribution in [0.15, 0.2) is 24.3 Å². The fourth-order valence-electron chi connectivity index (χ4n) is 5.15. The van der Waals surface area contributed by atoms with Crippen molar-refractivity contribution in [1.29, 1.82) is 0 Å². The van der Waals surface area contributed by atoms with Crippen LogP contribution in [0.3, 0.4) is 0 Å². The Kier molecular flexibility index (Phi) is 7.23. The van der Waals surface area contributed by atoms with Crippen molar-refractivity contribution in [3.8, 4) is 0 Å². The smallest absolute Gasteiger partial charge is 0.237 e. The Morgan fingerprint density at radius 3 is 2.76 bits per heavy atom. The normalized spacial score (nSPS) is 28.9. The summed E-state index contributed by atoms with van der Waals surface area (Å²) in [6.45, 7) is 5.38. The molecule has 29 heavy (non-hydrogen) atoms. The molecule has 6 heteroatoms. The lowest BCUT2D eigenvalue weighted by Crippen LogP contribution is -2.51. The fourth-order valence-corrected chi connectivity index (χ4v) is 5.15. The number of aryl methyl sites for hydroxylation is 1. The van der Waals surface area contributed by atoms with Crippen LogP contribution in [0.25, 0.3) is 0 Å². The minimum atomic E-state index is -0.298. The number of amides is 2. The summed E-state index contributed by atoms with van der Waals surface area (Å²) in [6.07, 6.45) is 6.87. The van der Waals surface area contributed by atoms with Gasteiger partial charge in [-0.1, -0.05) is 31.2 Å². The molecule has 0 saturated carbocycles. The molecule has 3 unspecified atom stereocenters. The van der Waals surface area contributed by atoms with E-state index in [0.717, 1.165) is 64.6 Å². The Bertz CT molecular complexity index is 735. The standard InChI is InChI=1S/C23H33N3O2.ClH/c1-23(11-10-18-7-2-3-8-19(18)14-23)22(28)26-13-5-6-17(16-26)15-25-21(27)20-9-4-12-24-20;/h2-3,7-8,17,20,24H,4-6,9-16H2,1H3,(H,25,27);1H. The zero-order valence-electron chi connectivity index (χ0n) is 17.4. The predicted molar refractivity (Wildman–Crippen MR) is 117 cm³/mol. The number of rotatable bonds is 4. The first kappa shape index (κ1) is 22.1. The third kappa shape index (κ3) is 4.95. The van der Waals surface area contributed by atoms with Crippen molar-refractivity contribution in [2.24, 2.45) is 11.3 Å². The molecule has 4 rings (SSSR count). The number of fused-ring (bicyclic) bond motifs is 1. The van der Waals surface area contributed by atoms with Gasteiger partial charge in [0.2, 0.25) is 11.8 Å². The minimum absolute atomic E-state index is 0. The Labute approximate surface area is 180 Å². The summed E-state index contributed by atoms with van der Waals surface area (Å²) in [7, 11) is 0. The number of halogens is 1. The monoisotopic (exact) mass is 419 g/mol. The topological polar surface area (TPSA) is 61.4 Å². The molecule has 2 saturated heterocycles. The average Bonchev–Trinajstić information content (AvgIpc) is 3.26. The van der Waals surface area contributed by atoms with Crippen molar-refractivity contribution >= 4 is 24.2 Å². The van der Waals surface area contributed by atoms with E-state index in [0.29, 0.717) is 18.4 Å². The summed E-state index contributed by atoms with van der Waals surface area (Å²) < 4.78 is 0. The van der Waals surface area contributed by atoms with Gasteiger partial charge in [0.25, 0.3) is 0 Å². The molecule has 0 bridgehead atoms. The fraction of sp³-hybridized carbons (Fsp3) is 0.652. The van der Waals surface area contributed by atoms with Crippen molar-refractivity contribution in [3.05, 3.63) is 35.4 Å². The first-order valence-electron chi connectivity index (χ1n) is 10.9. The summed E-state index contributed by atoms with van der Waals surface area (Å²) in [5.41, 5.74) is 2.43. The van der Waals surface area contributed by atoms with Crippen molar-refractivity contribution < 1.29 is 9.59 Å². The number of hydrogen-bond acceptors (Lipinski definition) is 3. The van der Waals surface area contributed by atoms with Gasteiger partial charge in [-0.3, -0.25) is 9.59 Å². The Balaban J connectivity index is 0.00000240. The van der Waals surface area contributed by atoms with Gasteiger partial charge in [-0.15, -0.1) is 12.4 Å². The summed E-state index contributed by atoms with van der Waals surface area (Å²) in [5.74, 6) is 0.787. The first-order chi connectivity index (χ1) is 13.5. The van der Waals surface area contributed by atoms with Crippen LogP contribution in [0.4, 0.5) is 0 Å². The van der Waals surface area contributed by atoms with E-state index < -0.39 is 0 Å². The minimum Gasteiger partial charge on any atom is -0.354 e. The largest absolute Gasteiger partial charge is 0.354 e. The number of nitrogens with zero attached hydrogens (tertiary/aromatic N) is 1. The molecular formula is C23H34ClN3O2. The number of hydrogen-bond donors (Lipinski definition) is 2. The van der Waals surface area contributed by atoms with Gasteiger partial charge < -0.3 is 15.5 Å². The third-order valence-electron chi connectivity index (χ3n) is 6.91. The lowest BCUT2D eigenvalue weighted by atomic mass is 9.71. The summed E-state index contributed by atoms with van der Waals surface area (Å²) in [6, 6.07) is 8.51. The van der Waals surface area contributed by atoms with Crippen LogP contribution in [0.5, 0.6) is 0 Å². The van der Waals surface area contributed by atoms with Crippen LogP contribution in [-0.4, -0.2) is 48.9 Å². The zero-order chi connectivity index (χ0) is 19.6. The zero-order valence-corrected chi connectivity index (χ0v) is 18.2. The van der Waals surface area contributed by atoms with Crippen LogP contribution in [0, 0.1) is 11.3 Å². The second-order valence-electron chi connectivity index (χ2n) is 9.16. The van der Waals surface area contributed by atoms with Crippen LogP contribution < -0.4 is 10.6 Å². The summed E-state index contributed by atoms with van der Waals surface area (Å²) >= 11 is 0. The molecule has 1 aromatic rings. The van der Waals surface area contributed by atoms with Crippen molar-refractivity contribution in [1.82, 2.24) is 15.5 Å². The number of carbonyl (C=O) groups is 2. The SMILES string of the molecule is CC1(C(=O)N2CCCC(CNC(=O)C3CCCN3)C2)CCc2ccccc2C1.Cl. The van der Waals surface area contributed by atoms with Gasteiger partial charge in [0.15, 0.2) is 0 Å². The van der Waals surface area contributed by atoms with Gasteiger partial charge in [-0.2, -0.15) is 0 Å². The summed E-state index contributed by atoms with van der Waals surface area (Å²) in [5, 5.41) is 6.37. The van der Waals surface area contributed by atoms with Gasteiger partial charge in [0, 0.05) is 19.6 Å². The molecule has 2 aliphatic heterocycles. The van der Waals surface area contributed by atoms with Crippen molar-refractivity contribution in [3.63, 3.8) is 0 Å². The van der Waals surface area contributed by atoms with E-state index in [1.54, 1.807) is 0 Å². The van der Waals surface area contributed by atoms with E-state index in [1.165, 1.54) is 11.1 Å². The van der Waals surface area contributed by atoms with Gasteiger partial charge in [0.05, 0.1) is 11.5 Å². The predicted octanol–water partition coefficient (Wildman–Crippen LogP) is 2.71. The number of benzene rings is 1. The third-order valence-corrected chi connectivity index (χ3v) is 6.91. The highest BCUT2D eigenvalue weighted by Crippen LogP contribution is 2.37. The van der Waals surface area contributed by atoms with Gasteiger partial charge in [-0.25, -0.2) is 0 Å². The second kappa shape index (κ2) is 9.48. The molecule has 2 N–H and O–H groups in total. The molecule has 2 fully saturated rings. The van der Waals surface area contributed by atoms with E-state index in [1.807, 2.05) is 0 Å². The van der Waals surface area contributed by atoms with Gasteiger partial charge >= 0.3 is 0 Å². The molecule has 0 aromatic heterocycles. The van der Waals surface area contributed by atoms with E-state index in [2.05, 4.69) is 46.7 Å². The first-order valence-corrected chi connectivity index (χ1v) is 10.9. The average molecular weight is 420 g/mol. The van der Waals surface area contributed by atoms with E-state index in [9.17, 15) is 9.59 Å². The highest BCUT2D eigenvalue weighted by atomic mass is 35.5. The lowest BCUT2D eigenvalue weighted by molar-refractivity contribution is -0.143. The molecule has 2 heterocycles. The number of carbonyl (C=O) groups excluding carboxylic acids is 2. The maximum Gasteiger partial charge on any atom is 0.237 e. The molecule has 0 spiro atoms. The van der Waals surface area contributed by atoms with Crippen LogP contribution in [0.1, 0.15) is 50.2 Å². The lowest BCUT2D eigenvalue weighted by Gasteiger charge is -2.41. The maximum absolute atomic E-state index is 13.4. The quantitative estimate of drug-likeness (QED) is 0.788. The Hall–Kier alpha value is -1.59. The van der Waals surface area contributed by atoms with Crippen LogP contribution >= 0.6 is 12.4 Å². The highest BCUT2D eigenvalue weighted by Gasteiger charge is 2.40. The molecule has 0 radical (unpaired) electrons. The molecule has 3 atom stereocenters. The van der Waals surface area contributed by atoms with E-state index >= 15 is 0 Å². The molecule has 1 aromatic carbocycles. The van der Waals surface area contributed by atoms with E-state index in [4.69, 9.17) is 0 Å².